The van der Waals surface area contributed by atoms with E-state index in [2.05, 4.69) is 25.8 Å². The molecule has 3 unspecified atom stereocenters. The van der Waals surface area contributed by atoms with Crippen molar-refractivity contribution >= 4 is 25.1 Å². The summed E-state index contributed by atoms with van der Waals surface area (Å²) in [5, 5.41) is 0.0338. The summed E-state index contributed by atoms with van der Waals surface area (Å²) in [6.07, 6.45) is 3.37. The fourth-order valence-electron chi connectivity index (χ4n) is 2.54. The van der Waals surface area contributed by atoms with E-state index in [1.54, 1.807) is 0 Å². The average molecular weight is 209 g/mol. The zero-order valence-electron chi connectivity index (χ0n) is 9.71. The number of nitrogens with zero attached hydrogens (tertiary/aromatic N) is 1. The zero-order valence-corrected chi connectivity index (χ0v) is 10.5. The molecule has 0 saturated heterocycles. The lowest BCUT2D eigenvalue weighted by Crippen LogP contribution is -2.43. The molecule has 0 amide bonds. The summed E-state index contributed by atoms with van der Waals surface area (Å²) >= 11 is 5.20. The van der Waals surface area contributed by atoms with Crippen LogP contribution in [0, 0.1) is 5.92 Å². The van der Waals surface area contributed by atoms with E-state index in [-0.39, 0.29) is 5.31 Å². The fourth-order valence-corrected chi connectivity index (χ4v) is 2.68. The van der Waals surface area contributed by atoms with E-state index in [0.29, 0.717) is 12.0 Å². The third-order valence-corrected chi connectivity index (χ3v) is 3.74. The Morgan fingerprint density at radius 1 is 1.57 bits per heavy atom. The van der Waals surface area contributed by atoms with Gasteiger partial charge in [0, 0.05) is 13.1 Å². The normalized spacial score (nSPS) is 38.0. The van der Waals surface area contributed by atoms with Crippen molar-refractivity contribution in [2.45, 2.75) is 51.4 Å². The minimum atomic E-state index is 0.0338. The highest BCUT2D eigenvalue weighted by Crippen LogP contribution is 2.43. The summed E-state index contributed by atoms with van der Waals surface area (Å²) < 4.78 is 0. The molecule has 0 spiro atoms. The Bertz CT molecular complexity index is 227. The molecule has 1 aliphatic carbocycles. The highest BCUT2D eigenvalue weighted by atomic mass is 32.1. The van der Waals surface area contributed by atoms with Crippen molar-refractivity contribution in [1.82, 2.24) is 4.90 Å². The van der Waals surface area contributed by atoms with Crippen LogP contribution >= 0.6 is 12.2 Å². The van der Waals surface area contributed by atoms with E-state index in [4.69, 9.17) is 20.1 Å². The molecular weight excluding hydrogens is 189 g/mol. The molecule has 0 aromatic carbocycles. The molecule has 1 nitrogen and oxygen atoms in total. The van der Waals surface area contributed by atoms with Gasteiger partial charge in [-0.25, -0.2) is 0 Å². The average Bonchev–Trinajstić information content (AvgIpc) is 2.01. The first-order chi connectivity index (χ1) is 6.33. The van der Waals surface area contributed by atoms with Crippen molar-refractivity contribution in [3.05, 3.63) is 0 Å². The molecule has 0 aromatic rings. The Labute approximate surface area is 94.7 Å². The number of hydrogen-bond acceptors (Lipinski definition) is 1. The first kappa shape index (κ1) is 12.0. The molecule has 78 valence electrons. The second-order valence-corrected chi connectivity index (χ2v) is 5.66. The van der Waals surface area contributed by atoms with Gasteiger partial charge in [-0.05, 0) is 19.3 Å². The Morgan fingerprint density at radius 3 is 2.57 bits per heavy atom. The molecular formula is C11H20BNS. The van der Waals surface area contributed by atoms with Crippen molar-refractivity contribution in [1.29, 1.82) is 0 Å². The van der Waals surface area contributed by atoms with Crippen LogP contribution in [0.2, 0.25) is 5.31 Å². The molecule has 3 heteroatoms. The highest BCUT2D eigenvalue weighted by Gasteiger charge is 2.33. The van der Waals surface area contributed by atoms with E-state index in [1.807, 2.05) is 6.92 Å². The molecule has 0 bridgehead atoms. The molecule has 2 radical (unpaired) electrons. The van der Waals surface area contributed by atoms with Crippen molar-refractivity contribution in [2.75, 3.05) is 7.05 Å². The molecule has 0 aromatic heterocycles. The Hall–Kier alpha value is -0.0451. The van der Waals surface area contributed by atoms with E-state index >= 15 is 0 Å². The molecule has 1 rings (SSSR count). The minimum absolute atomic E-state index is 0.0338. The van der Waals surface area contributed by atoms with E-state index in [1.165, 1.54) is 6.42 Å². The first-order valence-electron chi connectivity index (χ1n) is 5.36. The second-order valence-electron chi connectivity index (χ2n) is 5.07. The number of hydrogen-bond donors (Lipinski definition) is 0. The SMILES string of the molecule is [B]C1(C)CCC(N(C)C(C)=S)C(C)C1. The molecule has 1 saturated carbocycles. The lowest BCUT2D eigenvalue weighted by Gasteiger charge is -2.44. The smallest absolute Gasteiger partial charge is 0.0747 e. The first-order valence-corrected chi connectivity index (χ1v) is 5.76. The van der Waals surface area contributed by atoms with Crippen molar-refractivity contribution in [2.24, 2.45) is 5.92 Å². The predicted molar refractivity (Wildman–Crippen MR) is 67.0 cm³/mol. The summed E-state index contributed by atoms with van der Waals surface area (Å²) in [4.78, 5) is 3.22. The van der Waals surface area contributed by atoms with Gasteiger partial charge < -0.3 is 4.90 Å². The van der Waals surface area contributed by atoms with Gasteiger partial charge in [0.15, 0.2) is 0 Å². The maximum absolute atomic E-state index is 6.16. The van der Waals surface area contributed by atoms with Crippen molar-refractivity contribution in [3.8, 4) is 0 Å². The molecule has 1 aliphatic rings. The minimum Gasteiger partial charge on any atom is -0.366 e. The molecule has 3 atom stereocenters. The Morgan fingerprint density at radius 2 is 2.14 bits per heavy atom. The van der Waals surface area contributed by atoms with Crippen LogP contribution in [0.25, 0.3) is 0 Å². The van der Waals surface area contributed by atoms with Crippen LogP contribution < -0.4 is 0 Å². The van der Waals surface area contributed by atoms with Gasteiger partial charge in [-0.1, -0.05) is 44.2 Å². The van der Waals surface area contributed by atoms with Gasteiger partial charge in [0.1, 0.15) is 0 Å². The topological polar surface area (TPSA) is 3.24 Å². The van der Waals surface area contributed by atoms with Crippen molar-refractivity contribution in [3.63, 3.8) is 0 Å². The van der Waals surface area contributed by atoms with Crippen LogP contribution in [0.5, 0.6) is 0 Å². The van der Waals surface area contributed by atoms with Crippen LogP contribution in [0.15, 0.2) is 0 Å². The van der Waals surface area contributed by atoms with Gasteiger partial charge in [0.05, 0.1) is 12.8 Å². The summed E-state index contributed by atoms with van der Waals surface area (Å²) in [6, 6.07) is 0.587. The maximum Gasteiger partial charge on any atom is 0.0747 e. The van der Waals surface area contributed by atoms with Gasteiger partial charge in [0.2, 0.25) is 0 Å². The zero-order chi connectivity index (χ0) is 10.9. The van der Waals surface area contributed by atoms with E-state index in [0.717, 1.165) is 17.8 Å². The van der Waals surface area contributed by atoms with Crippen LogP contribution in [0.3, 0.4) is 0 Å². The van der Waals surface area contributed by atoms with Crippen LogP contribution in [0.4, 0.5) is 0 Å². The van der Waals surface area contributed by atoms with Crippen LogP contribution in [-0.4, -0.2) is 30.8 Å². The highest BCUT2D eigenvalue weighted by molar-refractivity contribution is 7.80. The van der Waals surface area contributed by atoms with Gasteiger partial charge >= 0.3 is 0 Å². The van der Waals surface area contributed by atoms with Gasteiger partial charge in [-0.15, -0.1) is 0 Å². The summed E-state index contributed by atoms with van der Waals surface area (Å²) in [6.45, 7) is 6.44. The molecule has 1 fully saturated rings. The van der Waals surface area contributed by atoms with Crippen molar-refractivity contribution < 1.29 is 0 Å². The lowest BCUT2D eigenvalue weighted by atomic mass is 9.58. The summed E-state index contributed by atoms with van der Waals surface area (Å²) in [7, 11) is 8.26. The lowest BCUT2D eigenvalue weighted by molar-refractivity contribution is 0.179. The second kappa shape index (κ2) is 4.22. The quantitative estimate of drug-likeness (QED) is 0.482. The van der Waals surface area contributed by atoms with Gasteiger partial charge in [-0.3, -0.25) is 0 Å². The van der Waals surface area contributed by atoms with Gasteiger partial charge in [0.25, 0.3) is 0 Å². The maximum atomic E-state index is 6.16. The van der Waals surface area contributed by atoms with Crippen LogP contribution in [-0.2, 0) is 0 Å². The number of rotatable bonds is 1. The van der Waals surface area contributed by atoms with E-state index in [9.17, 15) is 0 Å². The van der Waals surface area contributed by atoms with Crippen LogP contribution in [0.1, 0.15) is 40.0 Å². The predicted octanol–water partition coefficient (Wildman–Crippen LogP) is 2.80. The number of thiocarbonyl (C=S) groups is 1. The summed E-state index contributed by atoms with van der Waals surface area (Å²) in [5.41, 5.74) is 0. The molecule has 0 N–H and O–H groups in total. The molecule has 14 heavy (non-hydrogen) atoms. The largest absolute Gasteiger partial charge is 0.366 e. The standard InChI is InChI=1S/C11H20BNS/c1-8-7-11(3,12)6-5-10(8)13(4)9(2)14/h8,10H,5-7H2,1-4H3. The molecule has 0 aliphatic heterocycles. The van der Waals surface area contributed by atoms with E-state index < -0.39 is 0 Å². The molecule has 0 heterocycles. The third kappa shape index (κ3) is 2.72. The Kier molecular flexibility index (Phi) is 3.62. The Balaban J connectivity index is 2.62. The third-order valence-electron chi connectivity index (χ3n) is 3.45. The monoisotopic (exact) mass is 209 g/mol. The van der Waals surface area contributed by atoms with Gasteiger partial charge in [-0.2, -0.15) is 0 Å². The summed E-state index contributed by atoms with van der Waals surface area (Å²) in [5.74, 6) is 0.640. The fraction of sp³-hybridized carbons (Fsp3) is 0.909.